The lowest BCUT2D eigenvalue weighted by Crippen LogP contribution is -2.43. The molecule has 1 aliphatic rings. The first-order chi connectivity index (χ1) is 17.4. The Morgan fingerprint density at radius 3 is 2.81 bits per heavy atom. The second-order valence-corrected chi connectivity index (χ2v) is 9.71. The largest absolute Gasteiger partial charge is 0.374 e. The summed E-state index contributed by atoms with van der Waals surface area (Å²) in [5.74, 6) is 0.885. The third kappa shape index (κ3) is 5.05. The molecule has 1 fully saturated rings. The molecule has 0 radical (unpaired) electrons. The molecule has 0 spiro atoms. The van der Waals surface area contributed by atoms with Gasteiger partial charge in [-0.2, -0.15) is 10.4 Å². The molecular formula is C27H28ClN7O. The van der Waals surface area contributed by atoms with Crippen LogP contribution >= 0.6 is 11.6 Å². The molecule has 184 valence electrons. The van der Waals surface area contributed by atoms with Crippen LogP contribution in [0.15, 0.2) is 48.7 Å². The number of hydrogen-bond donors (Lipinski definition) is 0. The highest BCUT2D eigenvalue weighted by Crippen LogP contribution is 2.36. The van der Waals surface area contributed by atoms with Gasteiger partial charge in [-0.3, -0.25) is 0 Å². The molecule has 4 aromatic rings. The molecule has 1 saturated heterocycles. The number of rotatable bonds is 6. The molecular weight excluding hydrogens is 474 g/mol. The van der Waals surface area contributed by atoms with Gasteiger partial charge in [-0.25, -0.2) is 14.5 Å². The van der Waals surface area contributed by atoms with Gasteiger partial charge in [0, 0.05) is 37.1 Å². The minimum atomic E-state index is 0.162. The van der Waals surface area contributed by atoms with Gasteiger partial charge in [0.15, 0.2) is 5.65 Å². The van der Waals surface area contributed by atoms with Gasteiger partial charge in [-0.1, -0.05) is 23.7 Å². The number of morpholine rings is 1. The van der Waals surface area contributed by atoms with Crippen molar-refractivity contribution in [2.45, 2.75) is 19.4 Å². The van der Waals surface area contributed by atoms with Gasteiger partial charge in [-0.05, 0) is 63.3 Å². The standard InChI is InChI=1S/C27H28ClN7O/c1-18-13-21(15-23(28)30-18)25-26(20-6-4-5-19(14-20)16-29)32-35-10-8-24(31-27(25)35)34-11-12-36-22(17-34)7-9-33(2)3/h4-6,8,10,13-15,22H,7,9,11-12,17H2,1-3H3. The normalized spacial score (nSPS) is 16.0. The molecule has 1 aromatic carbocycles. The van der Waals surface area contributed by atoms with Crippen LogP contribution in [-0.2, 0) is 4.74 Å². The summed E-state index contributed by atoms with van der Waals surface area (Å²) in [6.07, 6.45) is 3.07. The van der Waals surface area contributed by atoms with E-state index in [-0.39, 0.29) is 6.10 Å². The van der Waals surface area contributed by atoms with Crippen molar-refractivity contribution < 1.29 is 4.74 Å². The van der Waals surface area contributed by atoms with Crippen LogP contribution in [-0.4, -0.2) is 70.9 Å². The molecule has 3 aromatic heterocycles. The highest BCUT2D eigenvalue weighted by Gasteiger charge is 2.24. The lowest BCUT2D eigenvalue weighted by atomic mass is 10.00. The second kappa shape index (κ2) is 10.2. The third-order valence-corrected chi connectivity index (χ3v) is 6.50. The van der Waals surface area contributed by atoms with Crippen molar-refractivity contribution in [2.24, 2.45) is 0 Å². The minimum absolute atomic E-state index is 0.162. The Bertz CT molecular complexity index is 1420. The average Bonchev–Trinajstić information content (AvgIpc) is 3.26. The van der Waals surface area contributed by atoms with Gasteiger partial charge in [0.05, 0.1) is 29.9 Å². The molecule has 1 aliphatic heterocycles. The average molecular weight is 502 g/mol. The zero-order chi connectivity index (χ0) is 25.2. The van der Waals surface area contributed by atoms with E-state index in [9.17, 15) is 5.26 Å². The van der Waals surface area contributed by atoms with Crippen LogP contribution in [0.3, 0.4) is 0 Å². The van der Waals surface area contributed by atoms with Crippen molar-refractivity contribution in [3.63, 3.8) is 0 Å². The van der Waals surface area contributed by atoms with E-state index >= 15 is 0 Å². The zero-order valence-electron chi connectivity index (χ0n) is 20.6. The van der Waals surface area contributed by atoms with Crippen molar-refractivity contribution >= 4 is 23.1 Å². The molecule has 1 unspecified atom stereocenters. The number of halogens is 1. The zero-order valence-corrected chi connectivity index (χ0v) is 21.4. The van der Waals surface area contributed by atoms with Crippen LogP contribution in [0, 0.1) is 18.3 Å². The summed E-state index contributed by atoms with van der Waals surface area (Å²) in [5, 5.41) is 14.7. The highest BCUT2D eigenvalue weighted by atomic mass is 35.5. The second-order valence-electron chi connectivity index (χ2n) is 9.32. The maximum atomic E-state index is 9.45. The van der Waals surface area contributed by atoms with Gasteiger partial charge in [-0.15, -0.1) is 0 Å². The first kappa shape index (κ1) is 24.2. The SMILES string of the molecule is Cc1cc(-c2c(-c3cccc(C#N)c3)nn3ccc(N4CCOC(CCN(C)C)C4)nc23)cc(Cl)n1. The summed E-state index contributed by atoms with van der Waals surface area (Å²) in [6.45, 7) is 5.13. The van der Waals surface area contributed by atoms with Gasteiger partial charge >= 0.3 is 0 Å². The number of ether oxygens (including phenoxy) is 1. The number of hydrogen-bond acceptors (Lipinski definition) is 7. The number of aryl methyl sites for hydroxylation is 1. The Morgan fingerprint density at radius 1 is 1.17 bits per heavy atom. The molecule has 4 heterocycles. The molecule has 0 amide bonds. The van der Waals surface area contributed by atoms with Crippen LogP contribution < -0.4 is 4.90 Å². The lowest BCUT2D eigenvalue weighted by molar-refractivity contribution is 0.0309. The van der Waals surface area contributed by atoms with Crippen molar-refractivity contribution in [2.75, 3.05) is 45.2 Å². The maximum Gasteiger partial charge on any atom is 0.165 e. The quantitative estimate of drug-likeness (QED) is 0.361. The highest BCUT2D eigenvalue weighted by molar-refractivity contribution is 6.29. The number of nitriles is 1. The van der Waals surface area contributed by atoms with Crippen LogP contribution in [0.4, 0.5) is 5.82 Å². The predicted octanol–water partition coefficient (Wildman–Crippen LogP) is 4.45. The van der Waals surface area contributed by atoms with E-state index < -0.39 is 0 Å². The summed E-state index contributed by atoms with van der Waals surface area (Å²) >= 11 is 6.36. The summed E-state index contributed by atoms with van der Waals surface area (Å²) in [4.78, 5) is 13.9. The number of pyridine rings is 1. The summed E-state index contributed by atoms with van der Waals surface area (Å²) in [5.41, 5.74) is 5.43. The van der Waals surface area contributed by atoms with Crippen LogP contribution in [0.25, 0.3) is 28.0 Å². The minimum Gasteiger partial charge on any atom is -0.374 e. The van der Waals surface area contributed by atoms with Crippen molar-refractivity contribution in [1.29, 1.82) is 5.26 Å². The van der Waals surface area contributed by atoms with E-state index in [0.717, 1.165) is 65.6 Å². The molecule has 0 saturated carbocycles. The van der Waals surface area contributed by atoms with Gasteiger partial charge in [0.1, 0.15) is 16.7 Å². The van der Waals surface area contributed by atoms with E-state index in [1.165, 1.54) is 0 Å². The maximum absolute atomic E-state index is 9.45. The molecule has 0 aliphatic carbocycles. The third-order valence-electron chi connectivity index (χ3n) is 6.31. The fourth-order valence-electron chi connectivity index (χ4n) is 4.58. The molecule has 36 heavy (non-hydrogen) atoms. The molecule has 0 N–H and O–H groups in total. The van der Waals surface area contributed by atoms with Gasteiger partial charge in [0.25, 0.3) is 0 Å². The molecule has 1 atom stereocenters. The van der Waals surface area contributed by atoms with Crippen molar-refractivity contribution in [1.82, 2.24) is 24.5 Å². The summed E-state index contributed by atoms with van der Waals surface area (Å²) in [6, 6.07) is 15.5. The fraction of sp³-hybridized carbons (Fsp3) is 0.333. The van der Waals surface area contributed by atoms with E-state index in [1.807, 2.05) is 49.5 Å². The molecule has 9 heteroatoms. The Kier molecular flexibility index (Phi) is 6.88. The van der Waals surface area contributed by atoms with E-state index in [0.29, 0.717) is 17.3 Å². The van der Waals surface area contributed by atoms with Gasteiger partial charge < -0.3 is 14.5 Å². The lowest BCUT2D eigenvalue weighted by Gasteiger charge is -2.34. The predicted molar refractivity (Wildman–Crippen MR) is 141 cm³/mol. The van der Waals surface area contributed by atoms with Crippen LogP contribution in [0.5, 0.6) is 0 Å². The number of aromatic nitrogens is 4. The van der Waals surface area contributed by atoms with Crippen molar-refractivity contribution in [3.8, 4) is 28.5 Å². The number of fused-ring (bicyclic) bond motifs is 1. The Morgan fingerprint density at radius 2 is 2.03 bits per heavy atom. The van der Waals surface area contributed by atoms with E-state index in [2.05, 4.69) is 34.9 Å². The molecule has 8 nitrogen and oxygen atoms in total. The summed E-state index contributed by atoms with van der Waals surface area (Å²) < 4.78 is 7.80. The Labute approximate surface area is 215 Å². The number of nitrogens with zero attached hydrogens (tertiary/aromatic N) is 7. The van der Waals surface area contributed by atoms with Crippen LogP contribution in [0.2, 0.25) is 5.15 Å². The van der Waals surface area contributed by atoms with Crippen LogP contribution in [0.1, 0.15) is 17.7 Å². The smallest absolute Gasteiger partial charge is 0.165 e. The fourth-order valence-corrected chi connectivity index (χ4v) is 4.83. The molecule has 0 bridgehead atoms. The Balaban J connectivity index is 1.61. The van der Waals surface area contributed by atoms with E-state index in [4.69, 9.17) is 26.4 Å². The van der Waals surface area contributed by atoms with Gasteiger partial charge in [0.2, 0.25) is 0 Å². The number of benzene rings is 1. The Hall–Kier alpha value is -3.51. The monoisotopic (exact) mass is 501 g/mol. The number of anilines is 1. The molecule has 5 rings (SSSR count). The topological polar surface area (TPSA) is 82.6 Å². The van der Waals surface area contributed by atoms with E-state index in [1.54, 1.807) is 10.6 Å². The van der Waals surface area contributed by atoms with Crippen molar-refractivity contribution in [3.05, 3.63) is 65.1 Å². The summed E-state index contributed by atoms with van der Waals surface area (Å²) in [7, 11) is 4.16. The first-order valence-corrected chi connectivity index (χ1v) is 12.3. The first-order valence-electron chi connectivity index (χ1n) is 12.0.